The second-order valence-electron chi connectivity index (χ2n) is 3.40. The Labute approximate surface area is 91.5 Å². The number of hydrogen-bond acceptors (Lipinski definition) is 7. The molecular formula is C7H14N2O7. The van der Waals surface area contributed by atoms with Crippen molar-refractivity contribution < 1.29 is 24.6 Å². The van der Waals surface area contributed by atoms with Crippen molar-refractivity contribution in [2.24, 2.45) is 5.92 Å². The fourth-order valence-electron chi connectivity index (χ4n) is 0.810. The third kappa shape index (κ3) is 8.94. The molecule has 0 saturated carbocycles. The highest BCUT2D eigenvalue weighted by molar-refractivity contribution is 4.52. The summed E-state index contributed by atoms with van der Waals surface area (Å²) in [6.07, 6.45) is -1.10. The Balaban J connectivity index is 3.89. The maximum absolute atomic E-state index is 10.1. The molecule has 0 heterocycles. The predicted molar refractivity (Wildman–Crippen MR) is 50.5 cm³/mol. The molecule has 9 nitrogen and oxygen atoms in total. The van der Waals surface area contributed by atoms with E-state index in [9.17, 15) is 20.2 Å². The molecular weight excluding hydrogens is 224 g/mol. The van der Waals surface area contributed by atoms with Crippen LogP contribution < -0.4 is 0 Å². The molecule has 0 radical (unpaired) electrons. The van der Waals surface area contributed by atoms with Crippen LogP contribution in [0.2, 0.25) is 0 Å². The van der Waals surface area contributed by atoms with Gasteiger partial charge in [0.15, 0.2) is 6.10 Å². The first-order chi connectivity index (χ1) is 7.41. The van der Waals surface area contributed by atoms with Crippen LogP contribution in [0.3, 0.4) is 0 Å². The van der Waals surface area contributed by atoms with Gasteiger partial charge in [0.1, 0.15) is 6.61 Å². The summed E-state index contributed by atoms with van der Waals surface area (Å²) in [5.74, 6) is 0.257. The van der Waals surface area contributed by atoms with Crippen LogP contribution in [0.1, 0.15) is 13.8 Å². The van der Waals surface area contributed by atoms with Crippen molar-refractivity contribution in [2.45, 2.75) is 20.0 Å². The summed E-state index contributed by atoms with van der Waals surface area (Å²) in [6.45, 7) is 3.52. The molecule has 0 aliphatic rings. The minimum absolute atomic E-state index is 0.132. The molecule has 0 amide bonds. The van der Waals surface area contributed by atoms with Gasteiger partial charge >= 0.3 is 0 Å². The molecule has 0 rings (SSSR count). The Morgan fingerprint density at radius 1 is 1.06 bits per heavy atom. The van der Waals surface area contributed by atoms with Crippen LogP contribution in [0, 0.1) is 26.1 Å². The van der Waals surface area contributed by atoms with Gasteiger partial charge in [-0.1, -0.05) is 13.8 Å². The summed E-state index contributed by atoms with van der Waals surface area (Å²) < 4.78 is 5.06. The minimum Gasteiger partial charge on any atom is -0.379 e. The summed E-state index contributed by atoms with van der Waals surface area (Å²) in [4.78, 5) is 28.1. The highest BCUT2D eigenvalue weighted by Crippen LogP contribution is 1.99. The summed E-state index contributed by atoms with van der Waals surface area (Å²) >= 11 is 0. The minimum atomic E-state index is -1.10. The third-order valence-electron chi connectivity index (χ3n) is 1.36. The lowest BCUT2D eigenvalue weighted by molar-refractivity contribution is -0.790. The zero-order valence-electron chi connectivity index (χ0n) is 9.03. The van der Waals surface area contributed by atoms with E-state index in [1.165, 1.54) is 0 Å². The largest absolute Gasteiger partial charge is 0.379 e. The van der Waals surface area contributed by atoms with Crippen LogP contribution in [0.25, 0.3) is 0 Å². The molecule has 0 saturated heterocycles. The first-order valence-corrected chi connectivity index (χ1v) is 4.58. The van der Waals surface area contributed by atoms with E-state index in [4.69, 9.17) is 4.74 Å². The molecule has 0 aromatic heterocycles. The fraction of sp³-hybridized carbons (Fsp3) is 1.00. The molecule has 0 aliphatic carbocycles. The van der Waals surface area contributed by atoms with Gasteiger partial charge in [-0.3, -0.25) is 0 Å². The lowest BCUT2D eigenvalue weighted by Gasteiger charge is -2.14. The smallest absolute Gasteiger partial charge is 0.294 e. The van der Waals surface area contributed by atoms with Crippen molar-refractivity contribution in [3.05, 3.63) is 20.2 Å². The van der Waals surface area contributed by atoms with Crippen LogP contribution in [0.15, 0.2) is 0 Å². The molecule has 9 heteroatoms. The summed E-state index contributed by atoms with van der Waals surface area (Å²) in [6, 6.07) is 0. The predicted octanol–water partition coefficient (Wildman–Crippen LogP) is 0.444. The number of nitrogens with zero attached hydrogens (tertiary/aromatic N) is 2. The highest BCUT2D eigenvalue weighted by atomic mass is 17.0. The van der Waals surface area contributed by atoms with Gasteiger partial charge in [0.25, 0.3) is 10.2 Å². The van der Waals surface area contributed by atoms with Gasteiger partial charge in [-0.15, -0.1) is 20.2 Å². The molecule has 0 N–H and O–H groups in total. The third-order valence-corrected chi connectivity index (χ3v) is 1.36. The molecule has 1 atom stereocenters. The van der Waals surface area contributed by atoms with Crippen molar-refractivity contribution in [3.8, 4) is 0 Å². The lowest BCUT2D eigenvalue weighted by atomic mass is 10.2. The molecule has 0 spiro atoms. The molecule has 0 unspecified atom stereocenters. The van der Waals surface area contributed by atoms with Crippen molar-refractivity contribution in [3.63, 3.8) is 0 Å². The van der Waals surface area contributed by atoms with E-state index in [2.05, 4.69) is 9.68 Å². The van der Waals surface area contributed by atoms with Gasteiger partial charge in [-0.25, -0.2) is 0 Å². The van der Waals surface area contributed by atoms with Crippen LogP contribution in [-0.4, -0.2) is 36.1 Å². The van der Waals surface area contributed by atoms with Gasteiger partial charge in [0, 0.05) is 6.61 Å². The van der Waals surface area contributed by atoms with Crippen LogP contribution in [0.5, 0.6) is 0 Å². The second-order valence-corrected chi connectivity index (χ2v) is 3.40. The lowest BCUT2D eigenvalue weighted by Crippen LogP contribution is -2.29. The molecule has 16 heavy (non-hydrogen) atoms. The zero-order chi connectivity index (χ0) is 12.6. The Bertz CT molecular complexity index is 233. The van der Waals surface area contributed by atoms with Gasteiger partial charge in [0.2, 0.25) is 0 Å². The van der Waals surface area contributed by atoms with Gasteiger partial charge in [-0.2, -0.15) is 0 Å². The standard InChI is InChI=1S/C7H14N2O7/c1-6(2)3-14-4-7(16-9(12)13)5-15-8(10)11/h6-7H,3-5H2,1-2H3/t7-/m0/s1. The maximum Gasteiger partial charge on any atom is 0.294 e. The van der Waals surface area contributed by atoms with Crippen molar-refractivity contribution in [1.29, 1.82) is 0 Å². The summed E-state index contributed by atoms with van der Waals surface area (Å²) in [5, 5.41) is 17.9. The molecule has 0 bridgehead atoms. The molecule has 94 valence electrons. The normalized spacial score (nSPS) is 12.2. The van der Waals surface area contributed by atoms with Gasteiger partial charge in [0.05, 0.1) is 6.61 Å². The summed E-state index contributed by atoms with van der Waals surface area (Å²) in [5.41, 5.74) is 0. The van der Waals surface area contributed by atoms with E-state index < -0.39 is 22.9 Å². The van der Waals surface area contributed by atoms with Crippen molar-refractivity contribution >= 4 is 0 Å². The average Bonchev–Trinajstić information content (AvgIpc) is 2.12. The van der Waals surface area contributed by atoms with E-state index in [1.807, 2.05) is 13.8 Å². The molecule has 0 aromatic carbocycles. The van der Waals surface area contributed by atoms with E-state index in [1.54, 1.807) is 0 Å². The SMILES string of the molecule is CC(C)COC[C@@H](CO[N+](=O)[O-])O[N+](=O)[O-]. The Morgan fingerprint density at radius 3 is 2.12 bits per heavy atom. The first-order valence-electron chi connectivity index (χ1n) is 4.58. The molecule has 0 fully saturated rings. The van der Waals surface area contributed by atoms with Crippen molar-refractivity contribution in [1.82, 2.24) is 0 Å². The monoisotopic (exact) mass is 238 g/mol. The Kier molecular flexibility index (Phi) is 6.84. The van der Waals surface area contributed by atoms with Gasteiger partial charge < -0.3 is 14.4 Å². The average molecular weight is 238 g/mol. The Morgan fingerprint density at radius 2 is 1.69 bits per heavy atom. The number of hydrogen-bond donors (Lipinski definition) is 0. The van der Waals surface area contributed by atoms with E-state index in [0.717, 1.165) is 0 Å². The van der Waals surface area contributed by atoms with Crippen LogP contribution >= 0.6 is 0 Å². The fourth-order valence-corrected chi connectivity index (χ4v) is 0.810. The first kappa shape index (κ1) is 14.4. The Hall–Kier alpha value is -1.64. The topological polar surface area (TPSA) is 114 Å². The second kappa shape index (κ2) is 7.63. The highest BCUT2D eigenvalue weighted by Gasteiger charge is 2.16. The van der Waals surface area contributed by atoms with E-state index >= 15 is 0 Å². The van der Waals surface area contributed by atoms with Crippen LogP contribution in [-0.2, 0) is 14.4 Å². The zero-order valence-corrected chi connectivity index (χ0v) is 9.03. The molecule has 0 aromatic rings. The van der Waals surface area contributed by atoms with Crippen LogP contribution in [0.4, 0.5) is 0 Å². The maximum atomic E-state index is 10.1. The van der Waals surface area contributed by atoms with E-state index in [0.29, 0.717) is 6.61 Å². The summed E-state index contributed by atoms with van der Waals surface area (Å²) in [7, 11) is 0. The number of rotatable bonds is 9. The van der Waals surface area contributed by atoms with Gasteiger partial charge in [-0.05, 0) is 5.92 Å². The van der Waals surface area contributed by atoms with E-state index in [-0.39, 0.29) is 12.5 Å². The quantitative estimate of drug-likeness (QED) is 0.423. The molecule has 0 aliphatic heterocycles. The number of ether oxygens (including phenoxy) is 1. The van der Waals surface area contributed by atoms with Crippen molar-refractivity contribution in [2.75, 3.05) is 19.8 Å².